The Morgan fingerprint density at radius 1 is 1.29 bits per heavy atom. The lowest BCUT2D eigenvalue weighted by Crippen LogP contribution is -2.51. The Hall–Kier alpha value is -0.700. The highest BCUT2D eigenvalue weighted by atomic mass is 32.2. The van der Waals surface area contributed by atoms with E-state index in [1.54, 1.807) is 0 Å². The third-order valence-corrected chi connectivity index (χ3v) is 5.40. The molecule has 122 valence electrons. The van der Waals surface area contributed by atoms with Gasteiger partial charge in [0, 0.05) is 45.5 Å². The predicted molar refractivity (Wildman–Crippen MR) is 77.4 cm³/mol. The maximum absolute atomic E-state index is 12.4. The van der Waals surface area contributed by atoms with Crippen LogP contribution >= 0.6 is 0 Å². The molecule has 0 bridgehead atoms. The second kappa shape index (κ2) is 7.04. The summed E-state index contributed by atoms with van der Waals surface area (Å²) in [5.41, 5.74) is 0. The standard InChI is InChI=1S/C13H24N2O5S/c1-19-10-13(16)15(11-4-7-20-8-5-11)12-3-6-14(9-12)21(2,17)18/h11-12H,3-10H2,1-2H3. The molecule has 21 heavy (non-hydrogen) atoms. The second-order valence-electron chi connectivity index (χ2n) is 5.64. The Bertz CT molecular complexity index is 461. The summed E-state index contributed by atoms with van der Waals surface area (Å²) >= 11 is 0. The summed E-state index contributed by atoms with van der Waals surface area (Å²) < 4.78 is 35.1. The van der Waals surface area contributed by atoms with Gasteiger partial charge in [0.15, 0.2) is 0 Å². The zero-order valence-corrected chi connectivity index (χ0v) is 13.5. The molecule has 0 aromatic rings. The fraction of sp³-hybridized carbons (Fsp3) is 0.923. The second-order valence-corrected chi connectivity index (χ2v) is 7.62. The van der Waals surface area contributed by atoms with E-state index in [1.807, 2.05) is 4.90 Å². The Labute approximate surface area is 126 Å². The van der Waals surface area contributed by atoms with E-state index in [1.165, 1.54) is 17.7 Å². The van der Waals surface area contributed by atoms with E-state index < -0.39 is 10.0 Å². The fourth-order valence-corrected chi connectivity index (χ4v) is 3.99. The van der Waals surface area contributed by atoms with Gasteiger partial charge in [-0.2, -0.15) is 0 Å². The third-order valence-electron chi connectivity index (χ3n) is 4.13. The molecule has 2 fully saturated rings. The van der Waals surface area contributed by atoms with Crippen molar-refractivity contribution in [3.63, 3.8) is 0 Å². The molecule has 1 amide bonds. The minimum absolute atomic E-state index is 0.0345. The fourth-order valence-electron chi connectivity index (χ4n) is 3.11. The maximum atomic E-state index is 12.4. The molecule has 0 aromatic heterocycles. The molecule has 1 unspecified atom stereocenters. The summed E-state index contributed by atoms with van der Waals surface area (Å²) in [6.07, 6.45) is 3.49. The molecule has 0 saturated carbocycles. The van der Waals surface area contributed by atoms with Gasteiger partial charge in [0.1, 0.15) is 6.61 Å². The average molecular weight is 320 g/mol. The lowest BCUT2D eigenvalue weighted by molar-refractivity contribution is -0.142. The number of hydrogen-bond acceptors (Lipinski definition) is 5. The van der Waals surface area contributed by atoms with Gasteiger partial charge in [-0.25, -0.2) is 12.7 Å². The van der Waals surface area contributed by atoms with Crippen LogP contribution < -0.4 is 0 Å². The zero-order valence-electron chi connectivity index (χ0n) is 12.7. The highest BCUT2D eigenvalue weighted by Gasteiger charge is 2.38. The van der Waals surface area contributed by atoms with Crippen LogP contribution in [-0.2, 0) is 24.3 Å². The summed E-state index contributed by atoms with van der Waals surface area (Å²) in [6, 6.07) is 0.0522. The van der Waals surface area contributed by atoms with Gasteiger partial charge in [-0.15, -0.1) is 0 Å². The SMILES string of the molecule is COCC(=O)N(C1CCOCC1)C1CCN(S(C)(=O)=O)C1. The molecule has 0 radical (unpaired) electrons. The Morgan fingerprint density at radius 3 is 2.48 bits per heavy atom. The normalized spacial score (nSPS) is 25.1. The molecule has 0 N–H and O–H groups in total. The smallest absolute Gasteiger partial charge is 0.249 e. The summed E-state index contributed by atoms with van der Waals surface area (Å²) in [4.78, 5) is 14.2. The third kappa shape index (κ3) is 4.15. The van der Waals surface area contributed by atoms with E-state index in [2.05, 4.69) is 0 Å². The van der Waals surface area contributed by atoms with Crippen molar-refractivity contribution in [3.8, 4) is 0 Å². The van der Waals surface area contributed by atoms with Crippen LogP contribution in [0.4, 0.5) is 0 Å². The number of ether oxygens (including phenoxy) is 2. The summed E-state index contributed by atoms with van der Waals surface area (Å²) in [5, 5.41) is 0. The lowest BCUT2D eigenvalue weighted by atomic mass is 10.0. The van der Waals surface area contributed by atoms with Crippen molar-refractivity contribution in [1.82, 2.24) is 9.21 Å². The first-order chi connectivity index (χ1) is 9.93. The van der Waals surface area contributed by atoms with Crippen molar-refractivity contribution < 1.29 is 22.7 Å². The average Bonchev–Trinajstić information content (AvgIpc) is 2.90. The maximum Gasteiger partial charge on any atom is 0.249 e. The van der Waals surface area contributed by atoms with Gasteiger partial charge in [-0.3, -0.25) is 4.79 Å². The van der Waals surface area contributed by atoms with Gasteiger partial charge in [0.2, 0.25) is 15.9 Å². The number of nitrogens with zero attached hydrogens (tertiary/aromatic N) is 2. The van der Waals surface area contributed by atoms with Gasteiger partial charge in [0.25, 0.3) is 0 Å². The number of carbonyl (C=O) groups excluding carboxylic acids is 1. The van der Waals surface area contributed by atoms with Crippen LogP contribution in [0.25, 0.3) is 0 Å². The monoisotopic (exact) mass is 320 g/mol. The molecular weight excluding hydrogens is 296 g/mol. The molecule has 0 aromatic carbocycles. The van der Waals surface area contributed by atoms with Crippen molar-refractivity contribution in [1.29, 1.82) is 0 Å². The van der Waals surface area contributed by atoms with Crippen LogP contribution in [0, 0.1) is 0 Å². The number of rotatable bonds is 5. The number of sulfonamides is 1. The molecule has 0 spiro atoms. The van der Waals surface area contributed by atoms with E-state index in [0.717, 1.165) is 12.8 Å². The van der Waals surface area contributed by atoms with Crippen LogP contribution in [0.1, 0.15) is 19.3 Å². The molecule has 0 aliphatic carbocycles. The first-order valence-corrected chi connectivity index (χ1v) is 9.11. The van der Waals surface area contributed by atoms with Crippen molar-refractivity contribution in [2.75, 3.05) is 46.3 Å². The van der Waals surface area contributed by atoms with E-state index in [-0.39, 0.29) is 24.6 Å². The van der Waals surface area contributed by atoms with E-state index in [9.17, 15) is 13.2 Å². The van der Waals surface area contributed by atoms with Crippen LogP contribution in [0.5, 0.6) is 0 Å². The lowest BCUT2D eigenvalue weighted by Gasteiger charge is -2.38. The zero-order chi connectivity index (χ0) is 15.5. The molecule has 1 atom stereocenters. The molecule has 2 aliphatic heterocycles. The highest BCUT2D eigenvalue weighted by Crippen LogP contribution is 2.24. The molecule has 2 rings (SSSR count). The van der Waals surface area contributed by atoms with Gasteiger partial charge in [-0.05, 0) is 19.3 Å². The summed E-state index contributed by atoms with van der Waals surface area (Å²) in [6.45, 7) is 2.18. The topological polar surface area (TPSA) is 76.2 Å². The first kappa shape index (κ1) is 16.7. The Balaban J connectivity index is 2.10. The van der Waals surface area contributed by atoms with Crippen molar-refractivity contribution >= 4 is 15.9 Å². The molecule has 2 saturated heterocycles. The van der Waals surface area contributed by atoms with Crippen LogP contribution in [0.2, 0.25) is 0 Å². The van der Waals surface area contributed by atoms with Crippen molar-refractivity contribution in [2.45, 2.75) is 31.3 Å². The molecule has 2 aliphatic rings. The van der Waals surface area contributed by atoms with Crippen LogP contribution in [0.3, 0.4) is 0 Å². The molecule has 7 nitrogen and oxygen atoms in total. The largest absolute Gasteiger partial charge is 0.381 e. The highest BCUT2D eigenvalue weighted by molar-refractivity contribution is 7.88. The van der Waals surface area contributed by atoms with Gasteiger partial charge in [0.05, 0.1) is 6.26 Å². The number of amides is 1. The number of hydrogen-bond donors (Lipinski definition) is 0. The summed E-state index contributed by atoms with van der Waals surface area (Å²) in [5.74, 6) is -0.0650. The quantitative estimate of drug-likeness (QED) is 0.693. The molecular formula is C13H24N2O5S. The predicted octanol–water partition coefficient (Wildman–Crippen LogP) is -0.326. The number of carbonyl (C=O) groups is 1. The Morgan fingerprint density at radius 2 is 1.95 bits per heavy atom. The van der Waals surface area contributed by atoms with Crippen molar-refractivity contribution in [3.05, 3.63) is 0 Å². The van der Waals surface area contributed by atoms with E-state index in [4.69, 9.17) is 9.47 Å². The molecule has 8 heteroatoms. The first-order valence-electron chi connectivity index (χ1n) is 7.26. The van der Waals surface area contributed by atoms with Crippen LogP contribution in [0.15, 0.2) is 0 Å². The Kier molecular flexibility index (Phi) is 5.59. The van der Waals surface area contributed by atoms with Crippen molar-refractivity contribution in [2.24, 2.45) is 0 Å². The van der Waals surface area contributed by atoms with E-state index in [0.29, 0.717) is 32.7 Å². The van der Waals surface area contributed by atoms with Gasteiger partial charge >= 0.3 is 0 Å². The summed E-state index contributed by atoms with van der Waals surface area (Å²) in [7, 11) is -1.70. The van der Waals surface area contributed by atoms with Crippen LogP contribution in [-0.4, -0.2) is 81.9 Å². The minimum Gasteiger partial charge on any atom is -0.381 e. The number of methoxy groups -OCH3 is 1. The molecule has 2 heterocycles. The minimum atomic E-state index is -3.20. The van der Waals surface area contributed by atoms with Gasteiger partial charge in [-0.1, -0.05) is 0 Å². The van der Waals surface area contributed by atoms with Gasteiger partial charge < -0.3 is 14.4 Å². The van der Waals surface area contributed by atoms with E-state index >= 15 is 0 Å².